The van der Waals surface area contributed by atoms with Crippen molar-refractivity contribution in [3.05, 3.63) is 28.7 Å². The fraction of sp³-hybridized carbons (Fsp3) is 0.417. The predicted octanol–water partition coefficient (Wildman–Crippen LogP) is 3.70. The maximum absolute atomic E-state index is 9.22. The number of hydrogen-bond acceptors (Lipinski definition) is 2. The molecule has 1 N–H and O–H groups in total. The lowest BCUT2D eigenvalue weighted by atomic mass is 9.99. The Morgan fingerprint density at radius 1 is 1.33 bits per heavy atom. The molecule has 0 atom stereocenters. The van der Waals surface area contributed by atoms with E-state index in [1.54, 1.807) is 0 Å². The zero-order valence-electron chi connectivity index (χ0n) is 8.46. The summed E-state index contributed by atoms with van der Waals surface area (Å²) in [5.74, 6) is 0. The number of anilines is 1. The van der Waals surface area contributed by atoms with E-state index in [0.717, 1.165) is 35.8 Å². The molecule has 0 radical (unpaired) electrons. The molecular weight excluding hydrogens is 252 g/mol. The van der Waals surface area contributed by atoms with Crippen molar-refractivity contribution in [2.45, 2.75) is 31.2 Å². The quantitative estimate of drug-likeness (QED) is 0.885. The van der Waals surface area contributed by atoms with Gasteiger partial charge in [-0.05, 0) is 43.9 Å². The second kappa shape index (κ2) is 4.24. The van der Waals surface area contributed by atoms with Crippen LogP contribution >= 0.6 is 15.9 Å². The normalized spacial score (nSPS) is 18.4. The summed E-state index contributed by atoms with van der Waals surface area (Å²) in [4.78, 5) is 0. The average Bonchev–Trinajstić information content (AvgIpc) is 2.67. The van der Waals surface area contributed by atoms with Gasteiger partial charge >= 0.3 is 0 Å². The van der Waals surface area contributed by atoms with Crippen molar-refractivity contribution in [3.63, 3.8) is 0 Å². The number of benzene rings is 1. The van der Waals surface area contributed by atoms with Gasteiger partial charge in [-0.1, -0.05) is 22.0 Å². The van der Waals surface area contributed by atoms with E-state index >= 15 is 0 Å². The van der Waals surface area contributed by atoms with Crippen molar-refractivity contribution in [2.75, 3.05) is 5.32 Å². The third kappa shape index (κ3) is 2.32. The van der Waals surface area contributed by atoms with Crippen LogP contribution in [0.15, 0.2) is 28.7 Å². The lowest BCUT2D eigenvalue weighted by molar-refractivity contribution is 0.613. The zero-order chi connectivity index (χ0) is 10.7. The summed E-state index contributed by atoms with van der Waals surface area (Å²) in [6.45, 7) is 0. The standard InChI is InChI=1S/C12H13BrN2/c13-10-4-3-5-11(8-10)15-12(9-14)6-1-2-7-12/h3-5,8,15H,1-2,6-7H2. The third-order valence-corrected chi connectivity index (χ3v) is 3.37. The fourth-order valence-corrected chi connectivity index (χ4v) is 2.49. The Morgan fingerprint density at radius 2 is 2.07 bits per heavy atom. The Balaban J connectivity index is 2.17. The van der Waals surface area contributed by atoms with Crippen molar-refractivity contribution in [3.8, 4) is 6.07 Å². The first-order valence-electron chi connectivity index (χ1n) is 5.19. The molecule has 1 aromatic carbocycles. The molecule has 3 heteroatoms. The molecule has 0 unspecified atom stereocenters. The average molecular weight is 265 g/mol. The first kappa shape index (κ1) is 10.5. The minimum Gasteiger partial charge on any atom is -0.367 e. The molecule has 0 amide bonds. The second-order valence-electron chi connectivity index (χ2n) is 4.04. The van der Waals surface area contributed by atoms with Gasteiger partial charge in [0.1, 0.15) is 5.54 Å². The number of halogens is 1. The summed E-state index contributed by atoms with van der Waals surface area (Å²) < 4.78 is 1.04. The Kier molecular flexibility index (Phi) is 2.97. The molecule has 0 aliphatic heterocycles. The molecule has 1 aliphatic rings. The van der Waals surface area contributed by atoms with Crippen LogP contribution < -0.4 is 5.32 Å². The van der Waals surface area contributed by atoms with E-state index in [1.807, 2.05) is 24.3 Å². The Hall–Kier alpha value is -1.01. The number of nitriles is 1. The predicted molar refractivity (Wildman–Crippen MR) is 64.6 cm³/mol. The van der Waals surface area contributed by atoms with E-state index in [9.17, 15) is 5.26 Å². The molecule has 2 nitrogen and oxygen atoms in total. The molecule has 1 aliphatic carbocycles. The maximum atomic E-state index is 9.22. The summed E-state index contributed by atoms with van der Waals surface area (Å²) in [6, 6.07) is 10.4. The van der Waals surface area contributed by atoms with Crippen LogP contribution in [0.5, 0.6) is 0 Å². The Bertz CT molecular complexity index is 389. The van der Waals surface area contributed by atoms with Crippen LogP contribution in [0, 0.1) is 11.3 Å². The highest BCUT2D eigenvalue weighted by atomic mass is 79.9. The van der Waals surface area contributed by atoms with Gasteiger partial charge in [-0.25, -0.2) is 0 Å². The molecule has 0 spiro atoms. The van der Waals surface area contributed by atoms with Gasteiger partial charge in [-0.2, -0.15) is 5.26 Å². The van der Waals surface area contributed by atoms with Crippen LogP contribution in [0.2, 0.25) is 0 Å². The van der Waals surface area contributed by atoms with Crippen molar-refractivity contribution in [1.29, 1.82) is 5.26 Å². The molecule has 0 aromatic heterocycles. The van der Waals surface area contributed by atoms with Crippen LogP contribution in [0.25, 0.3) is 0 Å². The molecule has 0 heterocycles. The van der Waals surface area contributed by atoms with Crippen molar-refractivity contribution >= 4 is 21.6 Å². The van der Waals surface area contributed by atoms with Gasteiger partial charge in [-0.3, -0.25) is 0 Å². The Morgan fingerprint density at radius 3 is 2.67 bits per heavy atom. The van der Waals surface area contributed by atoms with Gasteiger partial charge in [0.15, 0.2) is 0 Å². The third-order valence-electron chi connectivity index (χ3n) is 2.88. The number of hydrogen-bond donors (Lipinski definition) is 1. The summed E-state index contributed by atoms with van der Waals surface area (Å²) in [5, 5.41) is 12.6. The smallest absolute Gasteiger partial charge is 0.125 e. The van der Waals surface area contributed by atoms with Crippen molar-refractivity contribution in [2.24, 2.45) is 0 Å². The largest absolute Gasteiger partial charge is 0.367 e. The van der Waals surface area contributed by atoms with E-state index in [2.05, 4.69) is 27.3 Å². The topological polar surface area (TPSA) is 35.8 Å². The molecule has 1 aromatic rings. The highest BCUT2D eigenvalue weighted by Gasteiger charge is 2.33. The molecule has 1 saturated carbocycles. The summed E-state index contributed by atoms with van der Waals surface area (Å²) in [6.07, 6.45) is 4.20. The number of rotatable bonds is 2. The SMILES string of the molecule is N#CC1(Nc2cccc(Br)c2)CCCC1. The van der Waals surface area contributed by atoms with Crippen molar-refractivity contribution in [1.82, 2.24) is 0 Å². The summed E-state index contributed by atoms with van der Waals surface area (Å²) in [7, 11) is 0. The van der Waals surface area contributed by atoms with Gasteiger partial charge in [0.25, 0.3) is 0 Å². The van der Waals surface area contributed by atoms with Gasteiger partial charge in [0, 0.05) is 10.2 Å². The molecule has 0 saturated heterocycles. The van der Waals surface area contributed by atoms with Crippen molar-refractivity contribution < 1.29 is 0 Å². The van der Waals surface area contributed by atoms with E-state index in [1.165, 1.54) is 0 Å². The first-order valence-corrected chi connectivity index (χ1v) is 5.98. The van der Waals surface area contributed by atoms with Crippen LogP contribution in [0.3, 0.4) is 0 Å². The van der Waals surface area contributed by atoms with Gasteiger partial charge < -0.3 is 5.32 Å². The molecule has 0 bridgehead atoms. The fourth-order valence-electron chi connectivity index (χ4n) is 2.09. The number of nitrogens with zero attached hydrogens (tertiary/aromatic N) is 1. The molecule has 15 heavy (non-hydrogen) atoms. The van der Waals surface area contributed by atoms with Crippen LogP contribution in [-0.2, 0) is 0 Å². The molecular formula is C12H13BrN2. The van der Waals surface area contributed by atoms with E-state index in [4.69, 9.17) is 0 Å². The lowest BCUT2D eigenvalue weighted by Crippen LogP contribution is -2.32. The molecule has 78 valence electrons. The van der Waals surface area contributed by atoms with E-state index in [0.29, 0.717) is 0 Å². The van der Waals surface area contributed by atoms with Crippen LogP contribution in [0.1, 0.15) is 25.7 Å². The number of nitrogens with one attached hydrogen (secondary N) is 1. The monoisotopic (exact) mass is 264 g/mol. The molecule has 2 rings (SSSR count). The first-order chi connectivity index (χ1) is 7.24. The minimum absolute atomic E-state index is 0.333. The second-order valence-corrected chi connectivity index (χ2v) is 4.95. The van der Waals surface area contributed by atoms with Crippen LogP contribution in [0.4, 0.5) is 5.69 Å². The lowest BCUT2D eigenvalue weighted by Gasteiger charge is -2.23. The van der Waals surface area contributed by atoms with Gasteiger partial charge in [0.05, 0.1) is 6.07 Å². The summed E-state index contributed by atoms with van der Waals surface area (Å²) >= 11 is 3.43. The summed E-state index contributed by atoms with van der Waals surface area (Å²) in [5.41, 5.74) is 0.689. The highest BCUT2D eigenvalue weighted by molar-refractivity contribution is 9.10. The highest BCUT2D eigenvalue weighted by Crippen LogP contribution is 2.32. The maximum Gasteiger partial charge on any atom is 0.125 e. The Labute approximate surface area is 98.4 Å². The van der Waals surface area contributed by atoms with Crippen LogP contribution in [-0.4, -0.2) is 5.54 Å². The van der Waals surface area contributed by atoms with Gasteiger partial charge in [0.2, 0.25) is 0 Å². The zero-order valence-corrected chi connectivity index (χ0v) is 10.0. The van der Waals surface area contributed by atoms with Gasteiger partial charge in [-0.15, -0.1) is 0 Å². The molecule has 1 fully saturated rings. The van der Waals surface area contributed by atoms with E-state index in [-0.39, 0.29) is 5.54 Å². The van der Waals surface area contributed by atoms with E-state index < -0.39 is 0 Å². The minimum atomic E-state index is -0.333.